The van der Waals surface area contributed by atoms with Crippen LogP contribution in [0.5, 0.6) is 5.75 Å². The molecular weight excluding hydrogens is 422 g/mol. The summed E-state index contributed by atoms with van der Waals surface area (Å²) in [5.41, 5.74) is 4.76. The molecule has 0 saturated heterocycles. The number of benzene rings is 2. The van der Waals surface area contributed by atoms with Crippen molar-refractivity contribution in [3.8, 4) is 22.6 Å². The van der Waals surface area contributed by atoms with E-state index in [9.17, 15) is 14.7 Å². The first-order valence-electron chi connectivity index (χ1n) is 10.5. The molecule has 0 amide bonds. The maximum atomic E-state index is 13.0. The SMILES string of the molecule is Cc1[nH]n(-c2ccc3c(c2)CCC3)c(=O)c1N=Nc1cccc(-c2c[nH]c(C(=O)O)c2)c1O. The quantitative estimate of drug-likeness (QED) is 0.330. The molecule has 0 radical (unpaired) electrons. The lowest BCUT2D eigenvalue weighted by molar-refractivity contribution is 0.0691. The zero-order chi connectivity index (χ0) is 23.1. The molecule has 4 aromatic rings. The molecule has 0 aliphatic heterocycles. The van der Waals surface area contributed by atoms with Gasteiger partial charge in [0.25, 0.3) is 5.56 Å². The molecule has 0 bridgehead atoms. The maximum absolute atomic E-state index is 13.0. The molecule has 0 saturated carbocycles. The molecule has 2 aromatic heterocycles. The van der Waals surface area contributed by atoms with Gasteiger partial charge >= 0.3 is 5.97 Å². The van der Waals surface area contributed by atoms with Crippen LogP contribution in [0.2, 0.25) is 0 Å². The molecule has 1 aliphatic carbocycles. The first-order chi connectivity index (χ1) is 15.9. The van der Waals surface area contributed by atoms with Gasteiger partial charge in [0.05, 0.1) is 11.4 Å². The van der Waals surface area contributed by atoms with E-state index < -0.39 is 5.97 Å². The van der Waals surface area contributed by atoms with Gasteiger partial charge in [0.15, 0.2) is 11.4 Å². The highest BCUT2D eigenvalue weighted by atomic mass is 16.4. The second-order valence-electron chi connectivity index (χ2n) is 8.01. The number of fused-ring (bicyclic) bond motifs is 1. The second-order valence-corrected chi connectivity index (χ2v) is 8.01. The summed E-state index contributed by atoms with van der Waals surface area (Å²) in [4.78, 5) is 26.8. The molecule has 0 unspecified atom stereocenters. The Kier molecular flexibility index (Phi) is 4.93. The van der Waals surface area contributed by atoms with Gasteiger partial charge in [-0.05, 0) is 61.6 Å². The smallest absolute Gasteiger partial charge is 0.352 e. The average Bonchev–Trinajstić information content (AvgIpc) is 3.52. The van der Waals surface area contributed by atoms with Gasteiger partial charge in [0.1, 0.15) is 11.4 Å². The van der Waals surface area contributed by atoms with Crippen molar-refractivity contribution in [3.63, 3.8) is 0 Å². The van der Waals surface area contributed by atoms with Crippen LogP contribution >= 0.6 is 0 Å². The van der Waals surface area contributed by atoms with Gasteiger partial charge in [-0.3, -0.25) is 9.89 Å². The number of carboxylic acids is 1. The summed E-state index contributed by atoms with van der Waals surface area (Å²) in [7, 11) is 0. The summed E-state index contributed by atoms with van der Waals surface area (Å²) >= 11 is 0. The Morgan fingerprint density at radius 1 is 1.09 bits per heavy atom. The number of aryl methyl sites for hydroxylation is 3. The zero-order valence-corrected chi connectivity index (χ0v) is 17.8. The lowest BCUT2D eigenvalue weighted by Crippen LogP contribution is -2.14. The number of carbonyl (C=O) groups is 1. The number of phenols is 1. The number of para-hydroxylation sites is 1. The van der Waals surface area contributed by atoms with Crippen LogP contribution in [0.1, 0.15) is 33.7 Å². The molecule has 33 heavy (non-hydrogen) atoms. The van der Waals surface area contributed by atoms with E-state index in [1.807, 2.05) is 12.1 Å². The van der Waals surface area contributed by atoms with E-state index in [0.29, 0.717) is 16.8 Å². The Balaban J connectivity index is 1.48. The Morgan fingerprint density at radius 3 is 2.70 bits per heavy atom. The van der Waals surface area contributed by atoms with Gasteiger partial charge in [0.2, 0.25) is 0 Å². The molecule has 1 aliphatic rings. The predicted molar refractivity (Wildman–Crippen MR) is 122 cm³/mol. The Hall–Kier alpha value is -4.40. The van der Waals surface area contributed by atoms with Crippen molar-refractivity contribution >= 4 is 17.3 Å². The normalized spacial score (nSPS) is 13.0. The predicted octanol–water partition coefficient (Wildman–Crippen LogP) is 4.78. The zero-order valence-electron chi connectivity index (χ0n) is 17.8. The number of phenolic OH excluding ortho intramolecular Hbond substituents is 1. The number of H-pyrrole nitrogens is 2. The maximum Gasteiger partial charge on any atom is 0.352 e. The first-order valence-corrected chi connectivity index (χ1v) is 10.5. The summed E-state index contributed by atoms with van der Waals surface area (Å²) in [5, 5.41) is 31.1. The number of rotatable bonds is 5. The Bertz CT molecular complexity index is 1470. The molecule has 0 fully saturated rings. The van der Waals surface area contributed by atoms with Crippen molar-refractivity contribution in [1.82, 2.24) is 14.8 Å². The highest BCUT2D eigenvalue weighted by Gasteiger charge is 2.17. The van der Waals surface area contributed by atoms with Gasteiger partial charge in [-0.1, -0.05) is 18.2 Å². The number of azo groups is 1. The minimum atomic E-state index is -1.10. The van der Waals surface area contributed by atoms with Gasteiger partial charge in [-0.15, -0.1) is 10.2 Å². The lowest BCUT2D eigenvalue weighted by Gasteiger charge is -2.05. The number of aromatic carboxylic acids is 1. The molecule has 5 rings (SSSR count). The van der Waals surface area contributed by atoms with E-state index in [1.54, 1.807) is 25.1 Å². The van der Waals surface area contributed by atoms with Crippen molar-refractivity contribution in [2.24, 2.45) is 10.2 Å². The summed E-state index contributed by atoms with van der Waals surface area (Å²) in [6.45, 7) is 1.74. The topological polar surface area (TPSA) is 136 Å². The number of aromatic hydroxyl groups is 1. The van der Waals surface area contributed by atoms with E-state index in [1.165, 1.54) is 28.1 Å². The van der Waals surface area contributed by atoms with Crippen LogP contribution in [-0.2, 0) is 12.8 Å². The average molecular weight is 443 g/mol. The van der Waals surface area contributed by atoms with Gasteiger partial charge in [-0.2, -0.15) is 0 Å². The van der Waals surface area contributed by atoms with Gasteiger partial charge in [0, 0.05) is 17.3 Å². The highest BCUT2D eigenvalue weighted by molar-refractivity contribution is 5.88. The van der Waals surface area contributed by atoms with Crippen LogP contribution in [0.25, 0.3) is 16.8 Å². The fourth-order valence-corrected chi connectivity index (χ4v) is 4.16. The molecule has 4 N–H and O–H groups in total. The van der Waals surface area contributed by atoms with Crippen molar-refractivity contribution in [1.29, 1.82) is 0 Å². The monoisotopic (exact) mass is 443 g/mol. The van der Waals surface area contributed by atoms with Crippen LogP contribution in [0, 0.1) is 6.92 Å². The molecule has 9 nitrogen and oxygen atoms in total. The number of hydrogen-bond donors (Lipinski definition) is 4. The second kappa shape index (κ2) is 7.94. The van der Waals surface area contributed by atoms with Crippen LogP contribution < -0.4 is 5.56 Å². The Morgan fingerprint density at radius 2 is 1.91 bits per heavy atom. The van der Waals surface area contributed by atoms with Crippen LogP contribution in [0.3, 0.4) is 0 Å². The number of nitrogens with zero attached hydrogens (tertiary/aromatic N) is 3. The highest BCUT2D eigenvalue weighted by Crippen LogP contribution is 2.38. The largest absolute Gasteiger partial charge is 0.505 e. The number of aromatic amines is 2. The summed E-state index contributed by atoms with van der Waals surface area (Å²) in [5.74, 6) is -1.26. The fourth-order valence-electron chi connectivity index (χ4n) is 4.16. The molecular formula is C24H21N5O4. The van der Waals surface area contributed by atoms with Gasteiger partial charge in [-0.25, -0.2) is 9.48 Å². The summed E-state index contributed by atoms with van der Waals surface area (Å²) < 4.78 is 1.45. The first kappa shape index (κ1) is 20.5. The van der Waals surface area contributed by atoms with E-state index in [0.717, 1.165) is 24.9 Å². The minimum absolute atomic E-state index is 0.00600. The molecule has 0 spiro atoms. The Labute approximate surface area is 188 Å². The van der Waals surface area contributed by atoms with Gasteiger partial charge < -0.3 is 15.2 Å². The van der Waals surface area contributed by atoms with Crippen LogP contribution in [0.15, 0.2) is 63.7 Å². The third kappa shape index (κ3) is 3.63. The van der Waals surface area contributed by atoms with Crippen molar-refractivity contribution in [2.45, 2.75) is 26.2 Å². The number of aromatic nitrogens is 3. The summed E-state index contributed by atoms with van der Waals surface area (Å²) in [6.07, 6.45) is 4.69. The van der Waals surface area contributed by atoms with E-state index >= 15 is 0 Å². The van der Waals surface area contributed by atoms with Crippen LogP contribution in [0.4, 0.5) is 11.4 Å². The molecule has 166 valence electrons. The lowest BCUT2D eigenvalue weighted by atomic mass is 10.1. The third-order valence-electron chi connectivity index (χ3n) is 5.88. The van der Waals surface area contributed by atoms with Crippen molar-refractivity contribution < 1.29 is 15.0 Å². The minimum Gasteiger partial charge on any atom is -0.505 e. The number of hydrogen-bond acceptors (Lipinski definition) is 5. The summed E-state index contributed by atoms with van der Waals surface area (Å²) in [6, 6.07) is 12.3. The van der Waals surface area contributed by atoms with Crippen molar-refractivity contribution in [3.05, 3.63) is 81.5 Å². The molecule has 2 heterocycles. The third-order valence-corrected chi connectivity index (χ3v) is 5.88. The standard InChI is InChI=1S/C24H21N5O4/c1-13-21(23(31)29(28-13)17-9-8-14-4-2-5-15(14)10-17)27-26-19-7-3-6-18(22(19)30)16-11-20(24(32)33)25-12-16/h3,6-12,25,28,30H,2,4-5H2,1H3,(H,32,33). The number of nitrogens with one attached hydrogen (secondary N) is 2. The van der Waals surface area contributed by atoms with Crippen LogP contribution in [-0.4, -0.2) is 30.9 Å². The van der Waals surface area contributed by atoms with E-state index in [-0.39, 0.29) is 28.4 Å². The molecule has 9 heteroatoms. The number of carboxylic acid groups (broad SMARTS) is 1. The van der Waals surface area contributed by atoms with E-state index in [4.69, 9.17) is 5.11 Å². The molecule has 0 atom stereocenters. The van der Waals surface area contributed by atoms with E-state index in [2.05, 4.69) is 26.4 Å². The molecule has 2 aromatic carbocycles. The van der Waals surface area contributed by atoms with Crippen molar-refractivity contribution in [2.75, 3.05) is 0 Å². The fraction of sp³-hybridized carbons (Fsp3) is 0.167.